The number of sulfone groups is 2. The van der Waals surface area contributed by atoms with Crippen LogP contribution in [0.2, 0.25) is 0 Å². The molecule has 3 aromatic rings. The van der Waals surface area contributed by atoms with Gasteiger partial charge in [0.25, 0.3) is 0 Å². The van der Waals surface area contributed by atoms with Crippen molar-refractivity contribution in [1.82, 2.24) is 9.88 Å². The second kappa shape index (κ2) is 12.6. The highest BCUT2D eigenvalue weighted by atomic mass is 32.2. The summed E-state index contributed by atoms with van der Waals surface area (Å²) in [7, 11) is -6.56. The second-order valence-electron chi connectivity index (χ2n) is 13.6. The number of hydrogen-bond acceptors (Lipinski definition) is 7. The van der Waals surface area contributed by atoms with Gasteiger partial charge in [0.2, 0.25) is 9.84 Å². The van der Waals surface area contributed by atoms with Gasteiger partial charge in [-0.25, -0.2) is 16.8 Å². The molecule has 236 valence electrons. The van der Waals surface area contributed by atoms with Crippen LogP contribution in [0.4, 0.5) is 5.69 Å². The van der Waals surface area contributed by atoms with Crippen LogP contribution >= 0.6 is 0 Å². The Morgan fingerprint density at radius 2 is 1.45 bits per heavy atom. The molecule has 3 aliphatic rings. The summed E-state index contributed by atoms with van der Waals surface area (Å²) in [5.74, 6) is 2.06. The number of pyridine rings is 1. The lowest BCUT2D eigenvalue weighted by Gasteiger charge is -2.50. The maximum absolute atomic E-state index is 12.9. The molecule has 3 fully saturated rings. The number of rotatable bonds is 10. The van der Waals surface area contributed by atoms with Gasteiger partial charge >= 0.3 is 0 Å². The summed E-state index contributed by atoms with van der Waals surface area (Å²) in [6, 6.07) is 21.2. The highest BCUT2D eigenvalue weighted by Crippen LogP contribution is 2.52. The Morgan fingerprint density at radius 3 is 2.09 bits per heavy atom. The molecule has 1 aromatic heterocycles. The topological polar surface area (TPSA) is 87.7 Å². The summed E-state index contributed by atoms with van der Waals surface area (Å²) in [4.78, 5) is 9.43. The third kappa shape index (κ3) is 6.46. The van der Waals surface area contributed by atoms with Gasteiger partial charge in [-0.15, -0.1) is 0 Å². The van der Waals surface area contributed by atoms with Crippen LogP contribution in [-0.4, -0.2) is 71.5 Å². The van der Waals surface area contributed by atoms with Crippen molar-refractivity contribution in [2.75, 3.05) is 49.6 Å². The molecule has 0 N–H and O–H groups in total. The van der Waals surface area contributed by atoms with Gasteiger partial charge < -0.3 is 9.80 Å². The minimum absolute atomic E-state index is 0.0243. The van der Waals surface area contributed by atoms with E-state index in [2.05, 4.69) is 52.0 Å². The van der Waals surface area contributed by atoms with Gasteiger partial charge in [0, 0.05) is 49.9 Å². The van der Waals surface area contributed by atoms with Crippen LogP contribution in [0.25, 0.3) is 0 Å². The number of piperidine rings is 1. The van der Waals surface area contributed by atoms with Crippen LogP contribution < -0.4 is 4.90 Å². The van der Waals surface area contributed by atoms with E-state index in [0.717, 1.165) is 70.5 Å². The Labute approximate surface area is 263 Å². The molecule has 6 rings (SSSR count). The molecular weight excluding hydrogens is 591 g/mol. The molecule has 2 saturated heterocycles. The van der Waals surface area contributed by atoms with Crippen molar-refractivity contribution in [2.45, 2.75) is 54.2 Å². The predicted octanol–water partition coefficient (Wildman–Crippen LogP) is 5.48. The van der Waals surface area contributed by atoms with Gasteiger partial charge in [0.05, 0.1) is 15.5 Å². The zero-order valence-electron chi connectivity index (χ0n) is 25.9. The molecular formula is C35H45N3O4S2. The summed E-state index contributed by atoms with van der Waals surface area (Å²) in [6.07, 6.45) is 9.91. The van der Waals surface area contributed by atoms with Crippen molar-refractivity contribution < 1.29 is 16.8 Å². The fraction of sp³-hybridized carbons (Fsp3) is 0.514. The summed E-state index contributed by atoms with van der Waals surface area (Å²) < 4.78 is 50.5. The van der Waals surface area contributed by atoms with Crippen LogP contribution in [0, 0.1) is 23.7 Å². The van der Waals surface area contributed by atoms with Crippen molar-refractivity contribution in [2.24, 2.45) is 23.7 Å². The molecule has 7 nitrogen and oxygen atoms in total. The van der Waals surface area contributed by atoms with E-state index in [1.807, 2.05) is 12.1 Å². The molecule has 9 heteroatoms. The lowest BCUT2D eigenvalue weighted by Crippen LogP contribution is -2.53. The van der Waals surface area contributed by atoms with Gasteiger partial charge in [-0.2, -0.15) is 0 Å². The molecule has 1 aliphatic carbocycles. The summed E-state index contributed by atoms with van der Waals surface area (Å²) >= 11 is 0. The largest absolute Gasteiger partial charge is 0.371 e. The van der Waals surface area contributed by atoms with Gasteiger partial charge in [0.15, 0.2) is 0 Å². The zero-order chi connectivity index (χ0) is 31.0. The molecule has 3 heterocycles. The molecule has 1 saturated carbocycles. The molecule has 0 amide bonds. The fourth-order valence-corrected chi connectivity index (χ4v) is 10.9. The highest BCUT2D eigenvalue weighted by molar-refractivity contribution is 7.91. The third-order valence-corrected chi connectivity index (χ3v) is 13.5. The molecule has 0 bridgehead atoms. The smallest absolute Gasteiger partial charge is 0.206 e. The Kier molecular flexibility index (Phi) is 8.92. The van der Waals surface area contributed by atoms with Gasteiger partial charge in [-0.05, 0) is 104 Å². The summed E-state index contributed by atoms with van der Waals surface area (Å²) in [5, 5.41) is 0. The molecule has 2 aliphatic heterocycles. The van der Waals surface area contributed by atoms with Gasteiger partial charge in [-0.3, -0.25) is 4.98 Å². The molecule has 0 radical (unpaired) electrons. The third-order valence-electron chi connectivity index (χ3n) is 10.7. The number of anilines is 1. The van der Waals surface area contributed by atoms with E-state index in [0.29, 0.717) is 28.4 Å². The van der Waals surface area contributed by atoms with Gasteiger partial charge in [-0.1, -0.05) is 43.7 Å². The first-order chi connectivity index (χ1) is 21.0. The lowest BCUT2D eigenvalue weighted by molar-refractivity contribution is 0.0748. The first-order valence-electron chi connectivity index (χ1n) is 16.0. The van der Waals surface area contributed by atoms with E-state index in [4.69, 9.17) is 0 Å². The minimum atomic E-state index is -3.54. The Hall–Kier alpha value is -2.75. The second-order valence-corrected chi connectivity index (χ2v) is 17.7. The van der Waals surface area contributed by atoms with Crippen molar-refractivity contribution in [3.05, 3.63) is 84.7 Å². The van der Waals surface area contributed by atoms with Gasteiger partial charge in [0.1, 0.15) is 9.84 Å². The van der Waals surface area contributed by atoms with Crippen LogP contribution in [0.3, 0.4) is 0 Å². The Balaban J connectivity index is 1.05. The van der Waals surface area contributed by atoms with E-state index < -0.39 is 19.7 Å². The van der Waals surface area contributed by atoms with Crippen molar-refractivity contribution in [3.63, 3.8) is 0 Å². The monoisotopic (exact) mass is 635 g/mol. The Bertz CT molecular complexity index is 1620. The predicted molar refractivity (Wildman–Crippen MR) is 175 cm³/mol. The van der Waals surface area contributed by atoms with Crippen molar-refractivity contribution in [1.29, 1.82) is 0 Å². The summed E-state index contributed by atoms with van der Waals surface area (Å²) in [6.45, 7) is 7.63. The quantitative estimate of drug-likeness (QED) is 0.292. The average molecular weight is 636 g/mol. The van der Waals surface area contributed by atoms with E-state index in [1.54, 1.807) is 12.1 Å². The number of aromatic nitrogens is 1. The van der Waals surface area contributed by atoms with Crippen LogP contribution in [0.1, 0.15) is 44.6 Å². The van der Waals surface area contributed by atoms with Crippen molar-refractivity contribution in [3.8, 4) is 0 Å². The van der Waals surface area contributed by atoms with Crippen LogP contribution in [0.15, 0.2) is 88.9 Å². The number of likely N-dealkylation sites (tertiary alicyclic amines) is 1. The average Bonchev–Trinajstić information content (AvgIpc) is 3.47. The van der Waals surface area contributed by atoms with E-state index in [9.17, 15) is 16.8 Å². The Morgan fingerprint density at radius 1 is 0.818 bits per heavy atom. The molecule has 1 unspecified atom stereocenters. The normalized spacial score (nSPS) is 23.7. The molecule has 2 aromatic carbocycles. The highest BCUT2D eigenvalue weighted by Gasteiger charge is 2.48. The van der Waals surface area contributed by atoms with Crippen LogP contribution in [0.5, 0.6) is 0 Å². The van der Waals surface area contributed by atoms with E-state index in [-0.39, 0.29) is 16.2 Å². The van der Waals surface area contributed by atoms with E-state index >= 15 is 0 Å². The SMILES string of the molecule is CC(c1ccccc1)(C1CCN(CC2CN(c3ccc(S(=O)(=O)c4ccncc4)cc3)C2)CC1)[C@H]1CCC[C@@H]1CS(C)(=O)=O. The zero-order valence-corrected chi connectivity index (χ0v) is 27.5. The van der Waals surface area contributed by atoms with Crippen LogP contribution in [-0.2, 0) is 25.1 Å². The van der Waals surface area contributed by atoms with Crippen molar-refractivity contribution >= 4 is 25.4 Å². The number of hydrogen-bond donors (Lipinski definition) is 0. The standard InChI is InChI=1S/C35H45N3O4S2/c1-35(29-8-4-3-5-9-29,34-10-6-7-28(34)26-43(2,39)40)30-17-21-37(22-18-30)23-27-24-38(25-27)31-11-13-32(14-12-31)44(41,42)33-15-19-36-20-16-33/h3-5,8-9,11-16,19-20,27-28,30,34H,6-7,10,17-18,21-26H2,1-2H3/t28-,34+,35?/m1/s1. The first-order valence-corrected chi connectivity index (χ1v) is 19.5. The number of benzene rings is 2. The first kappa shape index (κ1) is 31.2. The maximum Gasteiger partial charge on any atom is 0.206 e. The molecule has 3 atom stereocenters. The molecule has 44 heavy (non-hydrogen) atoms. The lowest BCUT2D eigenvalue weighted by atomic mass is 9.59. The fourth-order valence-electron chi connectivity index (χ4n) is 8.43. The molecule has 0 spiro atoms. The minimum Gasteiger partial charge on any atom is -0.371 e. The maximum atomic E-state index is 12.9. The summed E-state index contributed by atoms with van der Waals surface area (Å²) in [5.41, 5.74) is 2.41. The number of nitrogens with zero attached hydrogens (tertiary/aromatic N) is 3. The van der Waals surface area contributed by atoms with E-state index in [1.165, 1.54) is 36.3 Å².